The average Bonchev–Trinajstić information content (AvgIpc) is 3.34. The van der Waals surface area contributed by atoms with Crippen LogP contribution in [0.2, 0.25) is 0 Å². The molecule has 1 aliphatic heterocycles. The first-order chi connectivity index (χ1) is 18.7. The van der Waals surface area contributed by atoms with E-state index in [1.807, 2.05) is 18.2 Å². The quantitative estimate of drug-likeness (QED) is 0.342. The summed E-state index contributed by atoms with van der Waals surface area (Å²) < 4.78 is 21.5. The van der Waals surface area contributed by atoms with Gasteiger partial charge in [-0.1, -0.05) is 17.4 Å². The first-order valence-electron chi connectivity index (χ1n) is 12.3. The van der Waals surface area contributed by atoms with E-state index in [4.69, 9.17) is 14.2 Å². The molecule has 0 unspecified atom stereocenters. The minimum absolute atomic E-state index is 0.129. The van der Waals surface area contributed by atoms with Gasteiger partial charge in [-0.15, -0.1) is 0 Å². The van der Waals surface area contributed by atoms with Crippen molar-refractivity contribution in [1.29, 1.82) is 0 Å². The molecule has 0 aliphatic carbocycles. The topological polar surface area (TPSA) is 106 Å². The van der Waals surface area contributed by atoms with Gasteiger partial charge in [-0.25, -0.2) is 14.6 Å². The highest BCUT2D eigenvalue weighted by molar-refractivity contribution is 7.07. The summed E-state index contributed by atoms with van der Waals surface area (Å²) >= 11 is 1.22. The number of fused-ring (bicyclic) bond motifs is 2. The Balaban J connectivity index is 1.76. The molecule has 0 saturated carbocycles. The predicted octanol–water partition coefficient (Wildman–Crippen LogP) is 2.01. The van der Waals surface area contributed by atoms with Gasteiger partial charge in [0.15, 0.2) is 4.80 Å². The Morgan fingerprint density at radius 3 is 2.49 bits per heavy atom. The summed E-state index contributed by atoms with van der Waals surface area (Å²) in [5.74, 6) is 0.480. The van der Waals surface area contributed by atoms with Crippen LogP contribution in [0.4, 0.5) is 0 Å². The molecule has 0 saturated heterocycles. The van der Waals surface area contributed by atoms with Crippen LogP contribution in [0.15, 0.2) is 62.2 Å². The number of thiazole rings is 1. The van der Waals surface area contributed by atoms with Crippen LogP contribution in [0.5, 0.6) is 11.5 Å². The normalized spacial score (nSPS) is 15.3. The molecule has 0 fully saturated rings. The van der Waals surface area contributed by atoms with E-state index in [0.29, 0.717) is 32.1 Å². The van der Waals surface area contributed by atoms with Gasteiger partial charge in [0.1, 0.15) is 17.5 Å². The SMILES string of the molecule is CCOC(=O)C1=C(C)N=c2s/c(=C/c3ccc4c(c3)n(C)c(=O)n4C)c(=O)n2[C@H]1c1cc(OC)ccc1OC. The van der Waals surface area contributed by atoms with Crippen molar-refractivity contribution in [3.63, 3.8) is 0 Å². The van der Waals surface area contributed by atoms with Gasteiger partial charge in [-0.05, 0) is 55.8 Å². The van der Waals surface area contributed by atoms with Crippen molar-refractivity contribution >= 4 is 34.4 Å². The fourth-order valence-electron chi connectivity index (χ4n) is 4.90. The number of hydrogen-bond donors (Lipinski definition) is 0. The lowest BCUT2D eigenvalue weighted by atomic mass is 9.94. The Labute approximate surface area is 227 Å². The van der Waals surface area contributed by atoms with E-state index in [1.54, 1.807) is 68.5 Å². The number of methoxy groups -OCH3 is 2. The van der Waals surface area contributed by atoms with Crippen molar-refractivity contribution in [2.24, 2.45) is 19.1 Å². The van der Waals surface area contributed by atoms with Gasteiger partial charge in [0.05, 0.1) is 47.7 Å². The molecule has 3 heterocycles. The molecule has 0 bridgehead atoms. The zero-order valence-electron chi connectivity index (χ0n) is 22.5. The van der Waals surface area contributed by atoms with Gasteiger partial charge in [-0.3, -0.25) is 18.5 Å². The van der Waals surface area contributed by atoms with Crippen molar-refractivity contribution in [2.75, 3.05) is 20.8 Å². The Kier molecular flexibility index (Phi) is 6.77. The van der Waals surface area contributed by atoms with Crippen molar-refractivity contribution in [3.8, 4) is 11.5 Å². The number of benzene rings is 2. The number of aromatic nitrogens is 3. The third kappa shape index (κ3) is 4.28. The number of ether oxygens (including phenoxy) is 3. The Morgan fingerprint density at radius 2 is 1.79 bits per heavy atom. The third-order valence-corrected chi connectivity index (χ3v) is 7.83. The number of allylic oxidation sites excluding steroid dienone is 1. The van der Waals surface area contributed by atoms with E-state index < -0.39 is 12.0 Å². The molecule has 39 heavy (non-hydrogen) atoms. The number of nitrogens with zero attached hydrogens (tertiary/aromatic N) is 4. The highest BCUT2D eigenvalue weighted by atomic mass is 32.1. The predicted molar refractivity (Wildman–Crippen MR) is 148 cm³/mol. The van der Waals surface area contributed by atoms with Crippen molar-refractivity contribution < 1.29 is 19.0 Å². The molecule has 11 heteroatoms. The fraction of sp³-hybridized carbons (Fsp3) is 0.286. The van der Waals surface area contributed by atoms with Crippen LogP contribution in [0, 0.1) is 0 Å². The minimum atomic E-state index is -0.843. The molecule has 1 atom stereocenters. The van der Waals surface area contributed by atoms with E-state index in [1.165, 1.54) is 23.0 Å². The highest BCUT2D eigenvalue weighted by Gasteiger charge is 2.35. The summed E-state index contributed by atoms with van der Waals surface area (Å²) in [4.78, 5) is 44.6. The molecule has 0 N–H and O–H groups in total. The second kappa shape index (κ2) is 10.1. The first-order valence-corrected chi connectivity index (χ1v) is 13.1. The zero-order chi connectivity index (χ0) is 28.0. The lowest BCUT2D eigenvalue weighted by molar-refractivity contribution is -0.139. The molecule has 1 aliphatic rings. The lowest BCUT2D eigenvalue weighted by Crippen LogP contribution is -2.40. The van der Waals surface area contributed by atoms with E-state index >= 15 is 0 Å². The van der Waals surface area contributed by atoms with Gasteiger partial charge >= 0.3 is 11.7 Å². The van der Waals surface area contributed by atoms with Gasteiger partial charge in [0.25, 0.3) is 5.56 Å². The van der Waals surface area contributed by atoms with Crippen LogP contribution >= 0.6 is 11.3 Å². The van der Waals surface area contributed by atoms with Crippen molar-refractivity contribution in [3.05, 3.63) is 89.0 Å². The van der Waals surface area contributed by atoms with Crippen LogP contribution in [0.1, 0.15) is 31.0 Å². The monoisotopic (exact) mass is 548 g/mol. The fourth-order valence-corrected chi connectivity index (χ4v) is 5.95. The maximum atomic E-state index is 14.0. The summed E-state index contributed by atoms with van der Waals surface area (Å²) in [6, 6.07) is 9.98. The molecule has 202 valence electrons. The Morgan fingerprint density at radius 1 is 1.05 bits per heavy atom. The number of carbonyl (C=O) groups is 1. The maximum absolute atomic E-state index is 14.0. The number of aryl methyl sites for hydroxylation is 2. The largest absolute Gasteiger partial charge is 0.497 e. The van der Waals surface area contributed by atoms with Gasteiger partial charge in [0.2, 0.25) is 0 Å². The molecule has 2 aromatic heterocycles. The molecule has 2 aromatic carbocycles. The number of hydrogen-bond acceptors (Lipinski definition) is 8. The number of esters is 1. The van der Waals surface area contributed by atoms with Gasteiger partial charge in [0, 0.05) is 19.7 Å². The van der Waals surface area contributed by atoms with Crippen LogP contribution in [-0.2, 0) is 23.6 Å². The van der Waals surface area contributed by atoms with E-state index in [0.717, 1.165) is 16.6 Å². The average molecular weight is 549 g/mol. The Hall–Kier alpha value is -4.38. The van der Waals surface area contributed by atoms with Crippen molar-refractivity contribution in [1.82, 2.24) is 13.7 Å². The molecular weight excluding hydrogens is 520 g/mol. The second-order valence-corrected chi connectivity index (χ2v) is 10.1. The van der Waals surface area contributed by atoms with E-state index in [-0.39, 0.29) is 23.4 Å². The standard InChI is InChI=1S/C28H28N4O6S/c1-7-38-26(34)23-15(2)29-27-32(24(23)18-14-17(36-5)9-11-21(18)37-6)25(33)22(39-27)13-16-8-10-19-20(12-16)31(4)28(35)30(19)3/h8-14,24H,7H2,1-6H3/b22-13+/t24-/m0/s1. The molecule has 0 radical (unpaired) electrons. The van der Waals surface area contributed by atoms with Crippen LogP contribution in [0.3, 0.4) is 0 Å². The van der Waals surface area contributed by atoms with Gasteiger partial charge < -0.3 is 14.2 Å². The van der Waals surface area contributed by atoms with E-state index in [9.17, 15) is 14.4 Å². The minimum Gasteiger partial charge on any atom is -0.497 e. The second-order valence-electron chi connectivity index (χ2n) is 9.06. The molecule has 10 nitrogen and oxygen atoms in total. The number of carbonyl (C=O) groups excluding carboxylic acids is 1. The van der Waals surface area contributed by atoms with Crippen LogP contribution in [0.25, 0.3) is 17.1 Å². The molecule has 0 spiro atoms. The molecule has 0 amide bonds. The summed E-state index contributed by atoms with van der Waals surface area (Å²) in [5, 5.41) is 0. The first kappa shape index (κ1) is 26.2. The lowest BCUT2D eigenvalue weighted by Gasteiger charge is -2.26. The number of rotatable bonds is 6. The number of imidazole rings is 1. The van der Waals surface area contributed by atoms with Gasteiger partial charge in [-0.2, -0.15) is 0 Å². The third-order valence-electron chi connectivity index (χ3n) is 6.84. The zero-order valence-corrected chi connectivity index (χ0v) is 23.3. The highest BCUT2D eigenvalue weighted by Crippen LogP contribution is 2.37. The summed E-state index contributed by atoms with van der Waals surface area (Å²) in [7, 11) is 6.51. The van der Waals surface area contributed by atoms with Crippen LogP contribution in [-0.4, -0.2) is 40.5 Å². The Bertz CT molecular complexity index is 1910. The van der Waals surface area contributed by atoms with Crippen LogP contribution < -0.4 is 30.1 Å². The molecule has 4 aromatic rings. The summed E-state index contributed by atoms with van der Waals surface area (Å²) in [6.07, 6.45) is 1.77. The van der Waals surface area contributed by atoms with Crippen molar-refractivity contribution in [2.45, 2.75) is 19.9 Å². The van der Waals surface area contributed by atoms with E-state index in [2.05, 4.69) is 4.99 Å². The summed E-state index contributed by atoms with van der Waals surface area (Å²) in [6.45, 7) is 3.63. The summed E-state index contributed by atoms with van der Waals surface area (Å²) in [5.41, 5.74) is 3.14. The maximum Gasteiger partial charge on any atom is 0.338 e. The molecule has 5 rings (SSSR count). The molecular formula is C28H28N4O6S. The smallest absolute Gasteiger partial charge is 0.338 e.